The Morgan fingerprint density at radius 3 is 2.59 bits per heavy atom. The average molecular weight is 429 g/mol. The van der Waals surface area contributed by atoms with E-state index in [1.807, 2.05) is 43.3 Å². The van der Waals surface area contributed by atoms with Gasteiger partial charge in [-0.2, -0.15) is 5.26 Å². The molecule has 1 atom stereocenters. The van der Waals surface area contributed by atoms with Crippen LogP contribution in [0.2, 0.25) is 0 Å². The van der Waals surface area contributed by atoms with Gasteiger partial charge < -0.3 is 15.2 Å². The van der Waals surface area contributed by atoms with Crippen molar-refractivity contribution in [3.05, 3.63) is 69.7 Å². The number of carboxylic acids is 1. The van der Waals surface area contributed by atoms with E-state index in [1.165, 1.54) is 6.08 Å². The molecule has 6 nitrogen and oxygen atoms in total. The second kappa shape index (κ2) is 9.55. The van der Waals surface area contributed by atoms with Crippen LogP contribution in [0.1, 0.15) is 24.1 Å². The van der Waals surface area contributed by atoms with Crippen LogP contribution in [0.5, 0.6) is 5.75 Å². The van der Waals surface area contributed by atoms with Crippen molar-refractivity contribution in [2.24, 2.45) is 0 Å². The van der Waals surface area contributed by atoms with Crippen LogP contribution in [0, 0.1) is 11.3 Å². The number of nitrogens with zero attached hydrogens (tertiary/aromatic N) is 1. The molecule has 0 saturated heterocycles. The molecule has 0 aliphatic rings. The minimum absolute atomic E-state index is 0.0381. The van der Waals surface area contributed by atoms with Crippen molar-refractivity contribution >= 4 is 33.9 Å². The molecule has 2 N–H and O–H groups in total. The molecule has 2 rings (SSSR count). The fourth-order valence-corrected chi connectivity index (χ4v) is 2.79. The number of carbonyl (C=O) groups excluding carboxylic acids is 1. The smallest absolute Gasteiger partial charge is 0.341 e. The van der Waals surface area contributed by atoms with E-state index >= 15 is 0 Å². The third kappa shape index (κ3) is 5.97. The summed E-state index contributed by atoms with van der Waals surface area (Å²) >= 11 is 3.29. The van der Waals surface area contributed by atoms with Gasteiger partial charge in [-0.15, -0.1) is 0 Å². The zero-order valence-corrected chi connectivity index (χ0v) is 16.1. The van der Waals surface area contributed by atoms with Crippen molar-refractivity contribution in [3.63, 3.8) is 0 Å². The zero-order valence-electron chi connectivity index (χ0n) is 14.5. The largest absolute Gasteiger partial charge is 0.481 e. The van der Waals surface area contributed by atoms with E-state index in [0.717, 1.165) is 5.56 Å². The second-order valence-corrected chi connectivity index (χ2v) is 6.50. The maximum absolute atomic E-state index is 12.4. The quantitative estimate of drug-likeness (QED) is 0.517. The summed E-state index contributed by atoms with van der Waals surface area (Å²) in [5, 5.41) is 20.8. The van der Waals surface area contributed by atoms with E-state index in [-0.39, 0.29) is 11.6 Å². The van der Waals surface area contributed by atoms with Crippen LogP contribution in [-0.4, -0.2) is 23.6 Å². The van der Waals surface area contributed by atoms with Crippen LogP contribution in [0.15, 0.2) is 58.6 Å². The minimum Gasteiger partial charge on any atom is -0.481 e. The van der Waals surface area contributed by atoms with E-state index in [4.69, 9.17) is 9.84 Å². The molecular weight excluding hydrogens is 412 g/mol. The van der Waals surface area contributed by atoms with Crippen molar-refractivity contribution in [1.82, 2.24) is 5.32 Å². The third-order valence-electron chi connectivity index (χ3n) is 3.63. The molecule has 7 heteroatoms. The number of carbonyl (C=O) groups is 2. The summed E-state index contributed by atoms with van der Waals surface area (Å²) in [7, 11) is 0. The summed E-state index contributed by atoms with van der Waals surface area (Å²) in [6, 6.07) is 15.9. The Morgan fingerprint density at radius 1 is 1.30 bits per heavy atom. The Balaban J connectivity index is 2.13. The summed E-state index contributed by atoms with van der Waals surface area (Å²) in [5.74, 6) is -1.20. The number of benzene rings is 2. The molecule has 0 saturated carbocycles. The first-order valence-corrected chi connectivity index (χ1v) is 8.81. The van der Waals surface area contributed by atoms with Crippen LogP contribution >= 0.6 is 15.9 Å². The van der Waals surface area contributed by atoms with Gasteiger partial charge in [0.1, 0.15) is 17.4 Å². The third-order valence-corrected chi connectivity index (χ3v) is 4.25. The SMILES string of the molecule is C[C@@H](NC(=O)/C(C#N)=C/c1ccc(OCC(=O)O)c(Br)c1)c1ccccc1. The molecule has 2 aromatic carbocycles. The number of hydrogen-bond donors (Lipinski definition) is 2. The van der Waals surface area contributed by atoms with Crippen LogP contribution in [0.25, 0.3) is 6.08 Å². The summed E-state index contributed by atoms with van der Waals surface area (Å²) in [6.07, 6.45) is 1.46. The Hall–Kier alpha value is -3.11. The number of carboxylic acid groups (broad SMARTS) is 1. The topological polar surface area (TPSA) is 99.4 Å². The Labute approximate surface area is 165 Å². The minimum atomic E-state index is -1.08. The van der Waals surface area contributed by atoms with Gasteiger partial charge in [-0.05, 0) is 52.2 Å². The lowest BCUT2D eigenvalue weighted by Crippen LogP contribution is -2.27. The summed E-state index contributed by atoms with van der Waals surface area (Å²) < 4.78 is 5.64. The van der Waals surface area contributed by atoms with Crippen molar-refractivity contribution in [2.75, 3.05) is 6.61 Å². The van der Waals surface area contributed by atoms with Crippen molar-refractivity contribution in [2.45, 2.75) is 13.0 Å². The lowest BCUT2D eigenvalue weighted by molar-refractivity contribution is -0.139. The molecule has 0 radical (unpaired) electrons. The van der Waals surface area contributed by atoms with Crippen molar-refractivity contribution in [3.8, 4) is 11.8 Å². The lowest BCUT2D eigenvalue weighted by atomic mass is 10.1. The highest BCUT2D eigenvalue weighted by Gasteiger charge is 2.14. The highest BCUT2D eigenvalue weighted by Crippen LogP contribution is 2.27. The van der Waals surface area contributed by atoms with Gasteiger partial charge in [0.15, 0.2) is 6.61 Å². The molecule has 0 bridgehead atoms. The number of aliphatic carboxylic acids is 1. The molecule has 138 valence electrons. The van der Waals surface area contributed by atoms with Crippen LogP contribution in [0.4, 0.5) is 0 Å². The number of rotatable bonds is 7. The molecule has 0 aromatic heterocycles. The van der Waals surface area contributed by atoms with Crippen LogP contribution < -0.4 is 10.1 Å². The number of hydrogen-bond acceptors (Lipinski definition) is 4. The average Bonchev–Trinajstić information content (AvgIpc) is 2.65. The van der Waals surface area contributed by atoms with Crippen molar-refractivity contribution in [1.29, 1.82) is 5.26 Å². The number of ether oxygens (including phenoxy) is 1. The van der Waals surface area contributed by atoms with Gasteiger partial charge in [0, 0.05) is 0 Å². The maximum Gasteiger partial charge on any atom is 0.341 e. The van der Waals surface area contributed by atoms with Gasteiger partial charge >= 0.3 is 5.97 Å². The van der Waals surface area contributed by atoms with E-state index < -0.39 is 18.5 Å². The zero-order chi connectivity index (χ0) is 19.8. The van der Waals surface area contributed by atoms with E-state index in [1.54, 1.807) is 18.2 Å². The number of nitrogens with one attached hydrogen (secondary N) is 1. The molecule has 27 heavy (non-hydrogen) atoms. The fourth-order valence-electron chi connectivity index (χ4n) is 2.28. The molecule has 0 spiro atoms. The van der Waals surface area contributed by atoms with Gasteiger partial charge in [-0.1, -0.05) is 36.4 Å². The standard InChI is InChI=1S/C20H17BrN2O4/c1-13(15-5-3-2-4-6-15)23-20(26)16(11-22)9-14-7-8-18(17(21)10-14)27-12-19(24)25/h2-10,13H,12H2,1H3,(H,23,26)(H,24,25)/b16-9+/t13-/m1/s1. The van der Waals surface area contributed by atoms with Gasteiger partial charge in [0.2, 0.25) is 0 Å². The summed E-state index contributed by atoms with van der Waals surface area (Å²) in [4.78, 5) is 23.0. The molecule has 0 heterocycles. The lowest BCUT2D eigenvalue weighted by Gasteiger charge is -2.13. The van der Waals surface area contributed by atoms with Gasteiger partial charge in [0.05, 0.1) is 10.5 Å². The highest BCUT2D eigenvalue weighted by atomic mass is 79.9. The molecule has 0 aliphatic heterocycles. The molecule has 0 fully saturated rings. The molecular formula is C20H17BrN2O4. The van der Waals surface area contributed by atoms with Gasteiger partial charge in [0.25, 0.3) is 5.91 Å². The van der Waals surface area contributed by atoms with Gasteiger partial charge in [-0.25, -0.2) is 4.79 Å². The van der Waals surface area contributed by atoms with E-state index in [0.29, 0.717) is 15.8 Å². The van der Waals surface area contributed by atoms with Crippen LogP contribution in [0.3, 0.4) is 0 Å². The Kier molecular flexibility index (Phi) is 7.15. The normalized spacial score (nSPS) is 12.0. The predicted octanol–water partition coefficient (Wildman–Crippen LogP) is 3.70. The van der Waals surface area contributed by atoms with E-state index in [9.17, 15) is 14.9 Å². The fraction of sp³-hybridized carbons (Fsp3) is 0.150. The predicted molar refractivity (Wildman–Crippen MR) is 104 cm³/mol. The molecule has 0 aliphatic carbocycles. The van der Waals surface area contributed by atoms with Crippen molar-refractivity contribution < 1.29 is 19.4 Å². The van der Waals surface area contributed by atoms with Gasteiger partial charge in [-0.3, -0.25) is 4.79 Å². The first kappa shape index (κ1) is 20.2. The monoisotopic (exact) mass is 428 g/mol. The van der Waals surface area contributed by atoms with E-state index in [2.05, 4.69) is 21.2 Å². The molecule has 0 unspecified atom stereocenters. The first-order chi connectivity index (χ1) is 12.9. The number of nitriles is 1. The highest BCUT2D eigenvalue weighted by molar-refractivity contribution is 9.10. The number of halogens is 1. The second-order valence-electron chi connectivity index (χ2n) is 5.65. The first-order valence-electron chi connectivity index (χ1n) is 8.02. The van der Waals surface area contributed by atoms with Crippen LogP contribution in [-0.2, 0) is 9.59 Å². The molecule has 2 aromatic rings. The number of amides is 1. The summed E-state index contributed by atoms with van der Waals surface area (Å²) in [5.41, 5.74) is 1.50. The maximum atomic E-state index is 12.4. The Bertz CT molecular complexity index is 904. The Morgan fingerprint density at radius 2 is 2.00 bits per heavy atom. The summed E-state index contributed by atoms with van der Waals surface area (Å²) in [6.45, 7) is 1.38. The molecule has 1 amide bonds.